The molecule has 16 heavy (non-hydrogen) atoms. The van der Waals surface area contributed by atoms with E-state index in [-0.39, 0.29) is 17.9 Å². The first-order chi connectivity index (χ1) is 7.49. The average molecular weight is 225 g/mol. The normalized spacial score (nSPS) is 23.9. The standard InChI is InChI=1S/C9H15N5O2/c1-5-11-9(14(15)16)8(13(5)2)12-7-3-6(10)4-7/h6-7,12H,3-4,10H2,1-2H3. The number of aromatic nitrogens is 2. The van der Waals surface area contributed by atoms with Crippen LogP contribution in [0.3, 0.4) is 0 Å². The fourth-order valence-corrected chi connectivity index (χ4v) is 1.85. The molecule has 1 aromatic rings. The Balaban J connectivity index is 2.21. The quantitative estimate of drug-likeness (QED) is 0.577. The molecule has 0 unspecified atom stereocenters. The molecule has 1 aromatic heterocycles. The second kappa shape index (κ2) is 3.75. The molecule has 1 saturated carbocycles. The molecule has 0 amide bonds. The number of nitrogens with zero attached hydrogens (tertiary/aromatic N) is 3. The van der Waals surface area contributed by atoms with E-state index in [1.54, 1.807) is 18.5 Å². The van der Waals surface area contributed by atoms with E-state index >= 15 is 0 Å². The zero-order chi connectivity index (χ0) is 11.9. The SMILES string of the molecule is Cc1nc([N+](=O)[O-])c(NC2CC(N)C2)n1C. The average Bonchev–Trinajstić information content (AvgIpc) is 2.43. The van der Waals surface area contributed by atoms with Gasteiger partial charge in [-0.3, -0.25) is 4.57 Å². The summed E-state index contributed by atoms with van der Waals surface area (Å²) < 4.78 is 1.70. The van der Waals surface area contributed by atoms with E-state index in [2.05, 4.69) is 10.3 Å². The third-order valence-electron chi connectivity index (χ3n) is 2.99. The van der Waals surface area contributed by atoms with Gasteiger partial charge in [-0.1, -0.05) is 0 Å². The van der Waals surface area contributed by atoms with Crippen molar-refractivity contribution in [2.24, 2.45) is 12.8 Å². The van der Waals surface area contributed by atoms with Crippen molar-refractivity contribution in [2.75, 3.05) is 5.32 Å². The molecule has 1 aliphatic rings. The summed E-state index contributed by atoms with van der Waals surface area (Å²) in [5, 5.41) is 13.9. The topological polar surface area (TPSA) is 99.0 Å². The molecule has 88 valence electrons. The van der Waals surface area contributed by atoms with Gasteiger partial charge < -0.3 is 21.2 Å². The molecule has 1 aliphatic carbocycles. The van der Waals surface area contributed by atoms with Crippen LogP contribution in [0.4, 0.5) is 11.6 Å². The minimum absolute atomic E-state index is 0.111. The summed E-state index contributed by atoms with van der Waals surface area (Å²) in [6.07, 6.45) is 1.70. The molecular weight excluding hydrogens is 210 g/mol. The summed E-state index contributed by atoms with van der Waals surface area (Å²) in [6.45, 7) is 1.74. The zero-order valence-corrected chi connectivity index (χ0v) is 9.30. The molecule has 3 N–H and O–H groups in total. The fraction of sp³-hybridized carbons (Fsp3) is 0.667. The summed E-state index contributed by atoms with van der Waals surface area (Å²) in [5.74, 6) is 0.984. The van der Waals surface area contributed by atoms with Crippen LogP contribution < -0.4 is 11.1 Å². The van der Waals surface area contributed by atoms with Crippen molar-refractivity contribution in [3.05, 3.63) is 15.9 Å². The molecule has 1 fully saturated rings. The molecule has 2 rings (SSSR count). The van der Waals surface area contributed by atoms with Crippen molar-refractivity contribution in [3.8, 4) is 0 Å². The molecule has 7 nitrogen and oxygen atoms in total. The lowest BCUT2D eigenvalue weighted by Gasteiger charge is -2.33. The Kier molecular flexibility index (Phi) is 2.55. The highest BCUT2D eigenvalue weighted by molar-refractivity contribution is 5.54. The highest BCUT2D eigenvalue weighted by atomic mass is 16.6. The van der Waals surface area contributed by atoms with Gasteiger partial charge in [-0.15, -0.1) is 0 Å². The first kappa shape index (κ1) is 10.9. The molecule has 0 bridgehead atoms. The van der Waals surface area contributed by atoms with Gasteiger partial charge in [0.1, 0.15) is 0 Å². The van der Waals surface area contributed by atoms with Gasteiger partial charge in [-0.05, 0) is 22.7 Å². The van der Waals surface area contributed by atoms with Gasteiger partial charge in [-0.25, -0.2) is 0 Å². The van der Waals surface area contributed by atoms with Crippen LogP contribution in [0.1, 0.15) is 18.7 Å². The predicted molar refractivity (Wildman–Crippen MR) is 59.2 cm³/mol. The summed E-state index contributed by atoms with van der Waals surface area (Å²) in [5.41, 5.74) is 5.67. The number of nitro groups is 1. The summed E-state index contributed by atoms with van der Waals surface area (Å²) in [7, 11) is 1.76. The molecule has 1 heterocycles. The van der Waals surface area contributed by atoms with Crippen molar-refractivity contribution in [2.45, 2.75) is 31.8 Å². The van der Waals surface area contributed by atoms with Crippen LogP contribution in [-0.2, 0) is 7.05 Å². The number of aryl methyl sites for hydroxylation is 1. The lowest BCUT2D eigenvalue weighted by molar-refractivity contribution is -0.388. The van der Waals surface area contributed by atoms with Crippen LogP contribution in [0.5, 0.6) is 0 Å². The number of nitrogens with one attached hydrogen (secondary N) is 1. The summed E-state index contributed by atoms with van der Waals surface area (Å²) >= 11 is 0. The zero-order valence-electron chi connectivity index (χ0n) is 9.30. The Labute approximate surface area is 92.8 Å². The Morgan fingerprint density at radius 2 is 2.25 bits per heavy atom. The highest BCUT2D eigenvalue weighted by Gasteiger charge is 2.31. The van der Waals surface area contributed by atoms with Crippen molar-refractivity contribution in [1.82, 2.24) is 9.55 Å². The van der Waals surface area contributed by atoms with Crippen LogP contribution in [-0.4, -0.2) is 26.6 Å². The Morgan fingerprint density at radius 1 is 1.62 bits per heavy atom. The number of hydrogen-bond donors (Lipinski definition) is 2. The third kappa shape index (κ3) is 1.73. The van der Waals surface area contributed by atoms with Gasteiger partial charge in [0, 0.05) is 26.1 Å². The van der Waals surface area contributed by atoms with E-state index in [0.717, 1.165) is 12.8 Å². The van der Waals surface area contributed by atoms with Crippen molar-refractivity contribution in [3.63, 3.8) is 0 Å². The molecule has 0 saturated heterocycles. The number of imidazole rings is 1. The maximum Gasteiger partial charge on any atom is 0.406 e. The number of nitrogens with two attached hydrogens (primary N) is 1. The summed E-state index contributed by atoms with van der Waals surface area (Å²) in [4.78, 5) is 14.3. The molecular formula is C9H15N5O2. The predicted octanol–water partition coefficient (Wildman–Crippen LogP) is 0.538. The lowest BCUT2D eigenvalue weighted by Crippen LogP contribution is -2.44. The van der Waals surface area contributed by atoms with Gasteiger partial charge in [0.05, 0.1) is 0 Å². The van der Waals surface area contributed by atoms with Crippen LogP contribution in [0.25, 0.3) is 0 Å². The molecule has 0 atom stereocenters. The van der Waals surface area contributed by atoms with Gasteiger partial charge in [0.25, 0.3) is 0 Å². The van der Waals surface area contributed by atoms with Gasteiger partial charge >= 0.3 is 5.82 Å². The number of rotatable bonds is 3. The Morgan fingerprint density at radius 3 is 2.75 bits per heavy atom. The first-order valence-electron chi connectivity index (χ1n) is 5.19. The van der Waals surface area contributed by atoms with E-state index in [4.69, 9.17) is 5.73 Å². The molecule has 0 aromatic carbocycles. The van der Waals surface area contributed by atoms with Crippen molar-refractivity contribution >= 4 is 11.6 Å². The van der Waals surface area contributed by atoms with Crippen molar-refractivity contribution in [1.29, 1.82) is 0 Å². The minimum Gasteiger partial charge on any atom is -0.361 e. The molecule has 0 radical (unpaired) electrons. The smallest absolute Gasteiger partial charge is 0.361 e. The van der Waals surface area contributed by atoms with Crippen LogP contribution in [0, 0.1) is 17.0 Å². The van der Waals surface area contributed by atoms with Gasteiger partial charge in [0.2, 0.25) is 11.6 Å². The maximum atomic E-state index is 10.8. The minimum atomic E-state index is -0.464. The first-order valence-corrected chi connectivity index (χ1v) is 5.19. The van der Waals surface area contributed by atoms with Crippen LogP contribution in [0.15, 0.2) is 0 Å². The number of hydrogen-bond acceptors (Lipinski definition) is 5. The molecule has 0 spiro atoms. The summed E-state index contributed by atoms with van der Waals surface area (Å²) in [6, 6.07) is 0.439. The third-order valence-corrected chi connectivity index (χ3v) is 2.99. The Bertz CT molecular complexity index is 422. The monoisotopic (exact) mass is 225 g/mol. The highest BCUT2D eigenvalue weighted by Crippen LogP contribution is 2.28. The van der Waals surface area contributed by atoms with Crippen LogP contribution in [0.2, 0.25) is 0 Å². The molecule has 0 aliphatic heterocycles. The lowest BCUT2D eigenvalue weighted by atomic mass is 9.88. The van der Waals surface area contributed by atoms with E-state index < -0.39 is 4.92 Å². The van der Waals surface area contributed by atoms with E-state index in [9.17, 15) is 10.1 Å². The second-order valence-electron chi connectivity index (χ2n) is 4.22. The van der Waals surface area contributed by atoms with E-state index in [0.29, 0.717) is 11.6 Å². The maximum absolute atomic E-state index is 10.8. The Hall–Kier alpha value is -1.63. The van der Waals surface area contributed by atoms with Gasteiger partial charge in [0.15, 0.2) is 0 Å². The molecule has 7 heteroatoms. The van der Waals surface area contributed by atoms with Crippen molar-refractivity contribution < 1.29 is 4.92 Å². The largest absolute Gasteiger partial charge is 0.406 e. The van der Waals surface area contributed by atoms with E-state index in [1.165, 1.54) is 0 Å². The van der Waals surface area contributed by atoms with Crippen LogP contribution >= 0.6 is 0 Å². The fourth-order valence-electron chi connectivity index (χ4n) is 1.85. The number of anilines is 1. The van der Waals surface area contributed by atoms with E-state index in [1.807, 2.05) is 0 Å². The second-order valence-corrected chi connectivity index (χ2v) is 4.22. The van der Waals surface area contributed by atoms with Gasteiger partial charge in [-0.2, -0.15) is 0 Å².